The molecule has 0 fully saturated rings. The minimum absolute atomic E-state index is 0.0307. The van der Waals surface area contributed by atoms with Crippen LogP contribution in [0.4, 0.5) is 11.5 Å². The van der Waals surface area contributed by atoms with Crippen LogP contribution >= 0.6 is 0 Å². The lowest BCUT2D eigenvalue weighted by Gasteiger charge is -2.08. The third kappa shape index (κ3) is 5.37. The molecule has 1 amide bonds. The summed E-state index contributed by atoms with van der Waals surface area (Å²) in [6.45, 7) is 4.82. The van der Waals surface area contributed by atoms with Gasteiger partial charge in [-0.3, -0.25) is 14.9 Å². The van der Waals surface area contributed by atoms with E-state index in [-0.39, 0.29) is 11.3 Å². The first kappa shape index (κ1) is 16.9. The first-order valence-electron chi connectivity index (χ1n) is 7.06. The molecule has 21 heavy (non-hydrogen) atoms. The van der Waals surface area contributed by atoms with E-state index in [1.807, 2.05) is 0 Å². The van der Waals surface area contributed by atoms with E-state index >= 15 is 0 Å². The van der Waals surface area contributed by atoms with Gasteiger partial charge in [0, 0.05) is 19.7 Å². The molecule has 1 aromatic heterocycles. The number of aromatic nitrogens is 1. The number of nitrogens with one attached hydrogen (secondary N) is 2. The summed E-state index contributed by atoms with van der Waals surface area (Å²) in [6, 6.07) is 1.39. The van der Waals surface area contributed by atoms with Gasteiger partial charge in [-0.1, -0.05) is 26.7 Å². The topological polar surface area (TPSA) is 97.2 Å². The van der Waals surface area contributed by atoms with Crippen molar-refractivity contribution in [1.82, 2.24) is 10.3 Å². The molecular weight excluding hydrogens is 272 g/mol. The SMILES string of the molecule is CNc1cc(C(=O)NCCCCC(C)C)c([N+](=O)[O-])cn1. The van der Waals surface area contributed by atoms with Gasteiger partial charge in [-0.2, -0.15) is 0 Å². The van der Waals surface area contributed by atoms with Gasteiger partial charge in [0.25, 0.3) is 11.6 Å². The Morgan fingerprint density at radius 2 is 2.14 bits per heavy atom. The zero-order chi connectivity index (χ0) is 15.8. The Labute approximate surface area is 124 Å². The predicted molar refractivity (Wildman–Crippen MR) is 81.5 cm³/mol. The van der Waals surface area contributed by atoms with Crippen molar-refractivity contribution in [2.24, 2.45) is 5.92 Å². The average Bonchev–Trinajstić information content (AvgIpc) is 2.45. The van der Waals surface area contributed by atoms with E-state index in [2.05, 4.69) is 29.5 Å². The zero-order valence-corrected chi connectivity index (χ0v) is 12.7. The maximum atomic E-state index is 12.1. The highest BCUT2D eigenvalue weighted by molar-refractivity contribution is 5.98. The molecule has 0 aliphatic rings. The van der Waals surface area contributed by atoms with Crippen LogP contribution < -0.4 is 10.6 Å². The zero-order valence-electron chi connectivity index (χ0n) is 12.7. The van der Waals surface area contributed by atoms with Crippen molar-refractivity contribution in [3.8, 4) is 0 Å². The highest BCUT2D eigenvalue weighted by Gasteiger charge is 2.21. The first-order valence-corrected chi connectivity index (χ1v) is 7.06. The van der Waals surface area contributed by atoms with Gasteiger partial charge in [-0.05, 0) is 12.3 Å². The van der Waals surface area contributed by atoms with E-state index in [9.17, 15) is 14.9 Å². The summed E-state index contributed by atoms with van der Waals surface area (Å²) in [5.41, 5.74) is -0.253. The fourth-order valence-electron chi connectivity index (χ4n) is 1.89. The maximum absolute atomic E-state index is 12.1. The third-order valence-electron chi connectivity index (χ3n) is 3.07. The van der Waals surface area contributed by atoms with Crippen molar-refractivity contribution in [1.29, 1.82) is 0 Å². The third-order valence-corrected chi connectivity index (χ3v) is 3.07. The van der Waals surface area contributed by atoms with Crippen molar-refractivity contribution < 1.29 is 9.72 Å². The van der Waals surface area contributed by atoms with Crippen molar-refractivity contribution >= 4 is 17.4 Å². The standard InChI is InChI=1S/C14H22N4O3/c1-10(2)6-4-5-7-16-14(19)11-8-13(15-3)17-9-12(11)18(20)21/h8-10H,4-7H2,1-3H3,(H,15,17)(H,16,19). The lowest BCUT2D eigenvalue weighted by atomic mass is 10.1. The molecule has 0 unspecified atom stereocenters. The van der Waals surface area contributed by atoms with Crippen molar-refractivity contribution in [3.63, 3.8) is 0 Å². The number of rotatable bonds is 8. The maximum Gasteiger partial charge on any atom is 0.300 e. The molecular formula is C14H22N4O3. The molecule has 116 valence electrons. The second-order valence-electron chi connectivity index (χ2n) is 5.24. The van der Waals surface area contributed by atoms with E-state index in [4.69, 9.17) is 0 Å². The van der Waals surface area contributed by atoms with Gasteiger partial charge in [-0.25, -0.2) is 4.98 Å². The van der Waals surface area contributed by atoms with Crippen LogP contribution in [0.1, 0.15) is 43.5 Å². The number of carbonyl (C=O) groups is 1. The van der Waals surface area contributed by atoms with Gasteiger partial charge in [0.15, 0.2) is 0 Å². The molecule has 0 aromatic carbocycles. The van der Waals surface area contributed by atoms with E-state index < -0.39 is 10.8 Å². The smallest absolute Gasteiger partial charge is 0.300 e. The summed E-state index contributed by atoms with van der Waals surface area (Å²) in [5.74, 6) is 0.621. The Morgan fingerprint density at radius 3 is 2.71 bits per heavy atom. The van der Waals surface area contributed by atoms with Crippen molar-refractivity contribution in [2.75, 3.05) is 18.9 Å². The normalized spacial score (nSPS) is 10.5. The molecule has 2 N–H and O–H groups in total. The molecule has 0 bridgehead atoms. The quantitative estimate of drug-likeness (QED) is 0.436. The molecule has 0 saturated heterocycles. The van der Waals surface area contributed by atoms with Gasteiger partial charge in [0.05, 0.1) is 4.92 Å². The summed E-state index contributed by atoms with van der Waals surface area (Å²) >= 11 is 0. The van der Waals surface area contributed by atoms with Crippen molar-refractivity contribution in [2.45, 2.75) is 33.1 Å². The summed E-state index contributed by atoms with van der Waals surface area (Å²) in [5, 5.41) is 16.4. The molecule has 7 nitrogen and oxygen atoms in total. The molecule has 0 radical (unpaired) electrons. The molecule has 1 heterocycles. The Bertz CT molecular complexity index is 503. The molecule has 7 heteroatoms. The van der Waals surface area contributed by atoms with Crippen LogP contribution in [-0.2, 0) is 0 Å². The number of unbranched alkanes of at least 4 members (excludes halogenated alkanes) is 1. The fraction of sp³-hybridized carbons (Fsp3) is 0.571. The van der Waals surface area contributed by atoms with Crippen LogP contribution in [0.25, 0.3) is 0 Å². The number of pyridine rings is 1. The Balaban J connectivity index is 2.65. The van der Waals surface area contributed by atoms with Crippen LogP contribution in [0.5, 0.6) is 0 Å². The van der Waals surface area contributed by atoms with E-state index in [0.29, 0.717) is 18.3 Å². The number of hydrogen-bond acceptors (Lipinski definition) is 5. The number of anilines is 1. The van der Waals surface area contributed by atoms with Crippen LogP contribution in [0.15, 0.2) is 12.3 Å². The second kappa shape index (κ2) is 8.18. The summed E-state index contributed by atoms with van der Waals surface area (Å²) in [4.78, 5) is 26.3. The first-order chi connectivity index (χ1) is 9.95. The van der Waals surface area contributed by atoms with E-state index in [0.717, 1.165) is 25.5 Å². The number of hydrogen-bond donors (Lipinski definition) is 2. The molecule has 0 saturated carbocycles. The van der Waals surface area contributed by atoms with Gasteiger partial charge in [0.2, 0.25) is 0 Å². The van der Waals surface area contributed by atoms with Crippen LogP contribution in [0.3, 0.4) is 0 Å². The number of nitro groups is 1. The minimum atomic E-state index is -0.597. The lowest BCUT2D eigenvalue weighted by Crippen LogP contribution is -2.25. The van der Waals surface area contributed by atoms with E-state index in [1.165, 1.54) is 6.07 Å². The molecule has 1 rings (SSSR count). The minimum Gasteiger partial charge on any atom is -0.373 e. The highest BCUT2D eigenvalue weighted by atomic mass is 16.6. The Kier molecular flexibility index (Phi) is 6.58. The number of carbonyl (C=O) groups excluding carboxylic acids is 1. The van der Waals surface area contributed by atoms with Gasteiger partial charge >= 0.3 is 0 Å². The second-order valence-corrected chi connectivity index (χ2v) is 5.24. The molecule has 1 aromatic rings. The largest absolute Gasteiger partial charge is 0.373 e. The molecule has 0 atom stereocenters. The lowest BCUT2D eigenvalue weighted by molar-refractivity contribution is -0.385. The Morgan fingerprint density at radius 1 is 1.43 bits per heavy atom. The van der Waals surface area contributed by atoms with Crippen LogP contribution in [0.2, 0.25) is 0 Å². The summed E-state index contributed by atoms with van der Waals surface area (Å²) in [7, 11) is 1.64. The number of nitrogens with zero attached hydrogens (tertiary/aromatic N) is 2. The highest BCUT2D eigenvalue weighted by Crippen LogP contribution is 2.20. The van der Waals surface area contributed by atoms with Crippen LogP contribution in [0, 0.1) is 16.0 Å². The number of amides is 1. The average molecular weight is 294 g/mol. The fourth-order valence-corrected chi connectivity index (χ4v) is 1.89. The summed E-state index contributed by atoms with van der Waals surface area (Å²) < 4.78 is 0. The van der Waals surface area contributed by atoms with Crippen molar-refractivity contribution in [3.05, 3.63) is 27.9 Å². The van der Waals surface area contributed by atoms with E-state index in [1.54, 1.807) is 7.05 Å². The predicted octanol–water partition coefficient (Wildman–Crippen LogP) is 2.59. The molecule has 0 spiro atoms. The Hall–Kier alpha value is -2.18. The molecule has 0 aliphatic heterocycles. The van der Waals surface area contributed by atoms with Crippen LogP contribution in [-0.4, -0.2) is 29.4 Å². The van der Waals surface area contributed by atoms with Gasteiger partial charge in [0.1, 0.15) is 17.6 Å². The summed E-state index contributed by atoms with van der Waals surface area (Å²) in [6.07, 6.45) is 4.09. The monoisotopic (exact) mass is 294 g/mol. The van der Waals surface area contributed by atoms with Gasteiger partial charge in [-0.15, -0.1) is 0 Å². The van der Waals surface area contributed by atoms with Gasteiger partial charge < -0.3 is 10.6 Å². The molecule has 0 aliphatic carbocycles.